The Morgan fingerprint density at radius 1 is 0.955 bits per heavy atom. The van der Waals surface area contributed by atoms with Crippen molar-refractivity contribution < 1.29 is 27.8 Å². The number of fused-ring (bicyclic) bond motifs is 1. The number of Topliss-reactive ketones (excluding diaryl/α,β-unsaturated/α-hetero) is 1. The van der Waals surface area contributed by atoms with Gasteiger partial charge in [0.15, 0.2) is 34.3 Å². The predicted octanol–water partition coefficient (Wildman–Crippen LogP) is 7.71. The average molecular weight is 596 g/mol. The summed E-state index contributed by atoms with van der Waals surface area (Å²) in [6.07, 6.45) is 2.61. The molecule has 0 unspecified atom stereocenters. The monoisotopic (exact) mass is 595 g/mol. The maximum atomic E-state index is 15.3. The molecule has 0 spiro atoms. The Morgan fingerprint density at radius 3 is 2.30 bits per heavy atom. The lowest BCUT2D eigenvalue weighted by Crippen LogP contribution is -2.22. The Labute approximate surface area is 251 Å². The van der Waals surface area contributed by atoms with Crippen LogP contribution in [0.4, 0.5) is 14.6 Å². The number of methoxy groups -OCH3 is 2. The molecule has 0 saturated carbocycles. The number of halogens is 2. The first kappa shape index (κ1) is 29.9. The normalized spacial score (nSPS) is 11.0. The Balaban J connectivity index is 1.47. The number of hydrogen-bond acceptors (Lipinski definition) is 6. The molecule has 2 aromatic heterocycles. The average Bonchev–Trinajstić information content (AvgIpc) is 3.01. The molecule has 0 aliphatic rings. The fraction of sp³-hybridized carbons (Fsp3) is 0.176. The van der Waals surface area contributed by atoms with Crippen molar-refractivity contribution >= 4 is 22.5 Å². The summed E-state index contributed by atoms with van der Waals surface area (Å²) in [4.78, 5) is 34.9. The zero-order valence-electron chi connectivity index (χ0n) is 24.4. The molecule has 0 amide bonds. The van der Waals surface area contributed by atoms with Gasteiger partial charge in [-0.25, -0.2) is 8.78 Å². The zero-order valence-corrected chi connectivity index (χ0v) is 24.4. The van der Waals surface area contributed by atoms with Crippen molar-refractivity contribution in [1.29, 1.82) is 0 Å². The number of ether oxygens (including phenoxy) is 3. The molecule has 44 heavy (non-hydrogen) atoms. The van der Waals surface area contributed by atoms with Crippen molar-refractivity contribution in [3.63, 3.8) is 0 Å². The summed E-state index contributed by atoms with van der Waals surface area (Å²) in [5.41, 5.74) is 0.394. The van der Waals surface area contributed by atoms with E-state index in [0.29, 0.717) is 39.3 Å². The van der Waals surface area contributed by atoms with E-state index in [9.17, 15) is 14.0 Å². The van der Waals surface area contributed by atoms with E-state index in [2.05, 4.69) is 9.83 Å². The molecule has 0 saturated heterocycles. The van der Waals surface area contributed by atoms with E-state index in [4.69, 9.17) is 20.8 Å². The van der Waals surface area contributed by atoms with Gasteiger partial charge in [-0.15, -0.1) is 0 Å². The van der Waals surface area contributed by atoms with Crippen LogP contribution >= 0.6 is 0 Å². The molecule has 0 aliphatic heterocycles. The van der Waals surface area contributed by atoms with Gasteiger partial charge in [0, 0.05) is 24.1 Å². The fourth-order valence-corrected chi connectivity index (χ4v) is 4.88. The largest absolute Gasteiger partial charge is 0.493 e. The third-order valence-corrected chi connectivity index (χ3v) is 7.09. The summed E-state index contributed by atoms with van der Waals surface area (Å²) in [5, 5.41) is 0.574. The van der Waals surface area contributed by atoms with Gasteiger partial charge in [0.2, 0.25) is 5.82 Å². The molecular weight excluding hydrogens is 568 g/mol. The summed E-state index contributed by atoms with van der Waals surface area (Å²) < 4.78 is 47.0. The number of ketones is 1. The lowest BCUT2D eigenvalue weighted by molar-refractivity contribution is 0.0991. The Morgan fingerprint density at radius 2 is 1.66 bits per heavy atom. The Kier molecular flexibility index (Phi) is 8.40. The summed E-state index contributed by atoms with van der Waals surface area (Å²) in [6, 6.07) is 14.0. The predicted molar refractivity (Wildman–Crippen MR) is 162 cm³/mol. The molecule has 2 heterocycles. The molecule has 222 valence electrons. The molecule has 0 atom stereocenters. The third-order valence-electron chi connectivity index (χ3n) is 7.09. The first-order valence-electron chi connectivity index (χ1n) is 13.6. The van der Waals surface area contributed by atoms with Crippen LogP contribution in [-0.2, 0) is 6.42 Å². The van der Waals surface area contributed by atoms with Gasteiger partial charge in [-0.2, -0.15) is 0 Å². The zero-order chi connectivity index (χ0) is 31.5. The van der Waals surface area contributed by atoms with E-state index in [1.54, 1.807) is 28.8 Å². The standard InChI is InChI=1S/C34H27F2N3O5/c1-19(2)39-18-24(33(41)32(34(39)37-3)21-7-9-22(35)10-8-21)27(40)15-20-6-11-29(25(36)14-20)44-28-12-13-38-26-17-31(43-5)30(42-4)16-23(26)28/h6-14,16-19H,15H2,1-2,4-5H3. The van der Waals surface area contributed by atoms with Crippen LogP contribution in [-0.4, -0.2) is 29.6 Å². The molecule has 5 aromatic rings. The van der Waals surface area contributed by atoms with Crippen LogP contribution in [0.1, 0.15) is 35.8 Å². The maximum Gasteiger partial charge on any atom is 0.241 e. The molecule has 0 radical (unpaired) electrons. The van der Waals surface area contributed by atoms with Crippen LogP contribution in [0, 0.1) is 18.2 Å². The molecule has 0 fully saturated rings. The number of pyridine rings is 2. The minimum absolute atomic E-state index is 0.00769. The van der Waals surface area contributed by atoms with Crippen LogP contribution in [0.15, 0.2) is 77.9 Å². The van der Waals surface area contributed by atoms with Crippen LogP contribution < -0.4 is 19.6 Å². The third kappa shape index (κ3) is 5.72. The highest BCUT2D eigenvalue weighted by atomic mass is 19.1. The number of carbonyl (C=O) groups excluding carboxylic acids is 1. The van der Waals surface area contributed by atoms with Gasteiger partial charge in [0.05, 0.1) is 37.5 Å². The summed E-state index contributed by atoms with van der Waals surface area (Å²) in [6.45, 7) is 11.3. The van der Waals surface area contributed by atoms with Gasteiger partial charge >= 0.3 is 0 Å². The van der Waals surface area contributed by atoms with Crippen molar-refractivity contribution in [3.05, 3.63) is 117 Å². The second-order valence-corrected chi connectivity index (χ2v) is 10.2. The molecule has 5 rings (SSSR count). The molecule has 0 N–H and O–H groups in total. The first-order valence-corrected chi connectivity index (χ1v) is 13.6. The molecule has 0 aliphatic carbocycles. The van der Waals surface area contributed by atoms with Gasteiger partial charge < -0.3 is 19.1 Å². The van der Waals surface area contributed by atoms with E-state index >= 15 is 4.39 Å². The van der Waals surface area contributed by atoms with Crippen LogP contribution in [0.5, 0.6) is 23.0 Å². The van der Waals surface area contributed by atoms with Crippen molar-refractivity contribution in [2.75, 3.05) is 14.2 Å². The molecule has 10 heteroatoms. The number of hydrogen-bond donors (Lipinski definition) is 0. The second-order valence-electron chi connectivity index (χ2n) is 10.2. The minimum atomic E-state index is -0.712. The number of nitrogens with zero attached hydrogens (tertiary/aromatic N) is 3. The lowest BCUT2D eigenvalue weighted by atomic mass is 9.98. The van der Waals surface area contributed by atoms with E-state index < -0.39 is 22.8 Å². The highest BCUT2D eigenvalue weighted by Crippen LogP contribution is 2.37. The van der Waals surface area contributed by atoms with E-state index in [1.165, 1.54) is 63.0 Å². The first-order chi connectivity index (χ1) is 21.1. The summed E-state index contributed by atoms with van der Waals surface area (Å²) >= 11 is 0. The highest BCUT2D eigenvalue weighted by Gasteiger charge is 2.24. The SMILES string of the molecule is [C-]#[N+]c1c(-c2ccc(F)cc2)c(=O)c(C(=O)Cc2ccc(Oc3ccnc4cc(OC)c(OC)cc34)c(F)c2)cn1C(C)C. The topological polar surface area (TPSA) is 84.0 Å². The molecular formula is C34H27F2N3O5. The second kappa shape index (κ2) is 12.4. The number of benzene rings is 3. The van der Waals surface area contributed by atoms with Crippen molar-refractivity contribution in [3.8, 4) is 34.1 Å². The molecule has 0 bridgehead atoms. The van der Waals surface area contributed by atoms with Crippen molar-refractivity contribution in [2.24, 2.45) is 0 Å². The molecule has 8 nitrogen and oxygen atoms in total. The van der Waals surface area contributed by atoms with E-state index in [1.807, 2.05) is 13.8 Å². The Hall–Kier alpha value is -5.56. The van der Waals surface area contributed by atoms with Gasteiger partial charge in [-0.3, -0.25) is 19.1 Å². The summed E-state index contributed by atoms with van der Waals surface area (Å²) in [5.74, 6) is -0.531. The van der Waals surface area contributed by atoms with Gasteiger partial charge in [0.1, 0.15) is 17.1 Å². The Bertz CT molecular complexity index is 2000. The smallest absolute Gasteiger partial charge is 0.241 e. The van der Waals surface area contributed by atoms with Crippen LogP contribution in [0.25, 0.3) is 26.9 Å². The fourth-order valence-electron chi connectivity index (χ4n) is 4.88. The van der Waals surface area contributed by atoms with Crippen LogP contribution in [0.3, 0.4) is 0 Å². The van der Waals surface area contributed by atoms with Gasteiger partial charge in [-0.1, -0.05) is 24.8 Å². The van der Waals surface area contributed by atoms with E-state index in [0.717, 1.165) is 0 Å². The van der Waals surface area contributed by atoms with Crippen molar-refractivity contribution in [1.82, 2.24) is 9.55 Å². The van der Waals surface area contributed by atoms with Crippen molar-refractivity contribution in [2.45, 2.75) is 26.3 Å². The maximum absolute atomic E-state index is 15.3. The van der Waals surface area contributed by atoms with Gasteiger partial charge in [0.25, 0.3) is 0 Å². The highest BCUT2D eigenvalue weighted by molar-refractivity contribution is 5.99. The van der Waals surface area contributed by atoms with Crippen LogP contribution in [0.2, 0.25) is 0 Å². The van der Waals surface area contributed by atoms with E-state index in [-0.39, 0.29) is 35.2 Å². The lowest BCUT2D eigenvalue weighted by Gasteiger charge is -2.16. The number of carbonyl (C=O) groups is 1. The minimum Gasteiger partial charge on any atom is -0.493 e. The van der Waals surface area contributed by atoms with Gasteiger partial charge in [-0.05, 0) is 61.4 Å². The molecule has 3 aromatic carbocycles. The number of rotatable bonds is 9. The number of aromatic nitrogens is 2. The quantitative estimate of drug-likeness (QED) is 0.128. The summed E-state index contributed by atoms with van der Waals surface area (Å²) in [7, 11) is 3.01.